The zero-order chi connectivity index (χ0) is 10.8. The Morgan fingerprint density at radius 2 is 1.62 bits per heavy atom. The second-order valence-electron chi connectivity index (χ2n) is 3.65. The number of benzene rings is 2. The molecule has 0 spiro atoms. The van der Waals surface area contributed by atoms with Crippen molar-refractivity contribution in [2.45, 2.75) is 5.75 Å². The number of rotatable bonds is 1. The number of hydrogen-bond acceptors (Lipinski definition) is 1. The molecule has 2 aromatic rings. The monoisotopic (exact) mass is 227 g/mol. The van der Waals surface area contributed by atoms with Gasteiger partial charge >= 0.3 is 10.9 Å². The average molecular weight is 227 g/mol. The van der Waals surface area contributed by atoms with Gasteiger partial charge in [0.1, 0.15) is 0 Å². The van der Waals surface area contributed by atoms with Crippen LogP contribution in [0.2, 0.25) is 0 Å². The van der Waals surface area contributed by atoms with E-state index in [-0.39, 0.29) is 0 Å². The molecule has 0 atom stereocenters. The minimum absolute atomic E-state index is 0.986. The minimum atomic E-state index is 0.986. The van der Waals surface area contributed by atoms with E-state index in [1.807, 2.05) is 30.3 Å². The molecule has 16 heavy (non-hydrogen) atoms. The van der Waals surface area contributed by atoms with Crippen LogP contribution < -0.4 is 0 Å². The number of carbonyl (C=O) groups excluding carboxylic acids is 1. The molecule has 3 rings (SSSR count). The lowest BCUT2D eigenvalue weighted by Gasteiger charge is -2.03. The fourth-order valence-corrected chi connectivity index (χ4v) is 2.69. The van der Waals surface area contributed by atoms with E-state index < -0.39 is 0 Å². The van der Waals surface area contributed by atoms with Crippen LogP contribution in [0.25, 0.3) is 0 Å². The van der Waals surface area contributed by atoms with Gasteiger partial charge in [0.2, 0.25) is 0 Å². The van der Waals surface area contributed by atoms with Crippen molar-refractivity contribution in [1.29, 1.82) is 0 Å². The summed E-state index contributed by atoms with van der Waals surface area (Å²) in [5.41, 5.74) is 2.43. The van der Waals surface area contributed by atoms with Crippen LogP contribution in [0.5, 0.6) is 5.75 Å². The number of fused-ring (bicyclic) bond motifs is 1. The van der Waals surface area contributed by atoms with Crippen molar-refractivity contribution in [2.75, 3.05) is 0 Å². The molecule has 78 valence electrons. The fourth-order valence-electron chi connectivity index (χ4n) is 1.71. The van der Waals surface area contributed by atoms with E-state index >= 15 is 0 Å². The molecule has 1 heterocycles. The second-order valence-corrected chi connectivity index (χ2v) is 4.60. The van der Waals surface area contributed by atoms with Crippen LogP contribution in [0.3, 0.4) is 0 Å². The first kappa shape index (κ1) is 9.67. The standard InChI is InChI=1S/C14H11OS/c1-2-6-11(7-3-1)14-15-13-9-5-4-8-12(13)10-16-14/h1-9H,10H2/q+1. The van der Waals surface area contributed by atoms with Crippen molar-refractivity contribution >= 4 is 16.9 Å². The first-order chi connectivity index (χ1) is 7.93. The quantitative estimate of drug-likeness (QED) is 0.670. The van der Waals surface area contributed by atoms with Gasteiger partial charge in [-0.3, -0.25) is 0 Å². The van der Waals surface area contributed by atoms with Crippen molar-refractivity contribution in [3.8, 4) is 5.75 Å². The topological polar surface area (TPSA) is 11.3 Å². The van der Waals surface area contributed by atoms with E-state index in [1.54, 1.807) is 11.8 Å². The van der Waals surface area contributed by atoms with E-state index in [0.717, 1.165) is 22.2 Å². The highest BCUT2D eigenvalue weighted by molar-refractivity contribution is 8.13. The second kappa shape index (κ2) is 4.14. The van der Waals surface area contributed by atoms with Crippen molar-refractivity contribution in [1.82, 2.24) is 0 Å². The smallest absolute Gasteiger partial charge is 0.200 e. The Hall–Kier alpha value is -1.54. The van der Waals surface area contributed by atoms with Crippen LogP contribution >= 0.6 is 11.8 Å². The third-order valence-corrected chi connectivity index (χ3v) is 3.58. The predicted octanol–water partition coefficient (Wildman–Crippen LogP) is 4.02. The SMILES string of the molecule is c1ccc(C2=[O+]c3ccccc3CS2)cc1. The maximum Gasteiger partial charge on any atom is 0.395 e. The third-order valence-electron chi connectivity index (χ3n) is 2.54. The summed E-state index contributed by atoms with van der Waals surface area (Å²) in [6.45, 7) is 0. The zero-order valence-electron chi connectivity index (χ0n) is 8.72. The van der Waals surface area contributed by atoms with Crippen molar-refractivity contribution in [3.63, 3.8) is 0 Å². The summed E-state index contributed by atoms with van der Waals surface area (Å²) in [5, 5.41) is 0.999. The van der Waals surface area contributed by atoms with Crippen LogP contribution in [0.1, 0.15) is 15.6 Å². The van der Waals surface area contributed by atoms with Crippen LogP contribution in [0.15, 0.2) is 54.6 Å². The highest BCUT2D eigenvalue weighted by Crippen LogP contribution is 2.33. The molecule has 0 aliphatic carbocycles. The Balaban J connectivity index is 2.04. The maximum absolute atomic E-state index is 5.90. The number of thioether (sulfide) groups is 1. The Bertz CT molecular complexity index is 531. The Kier molecular flexibility index (Phi) is 2.50. The summed E-state index contributed by atoms with van der Waals surface area (Å²) in [7, 11) is 0. The Morgan fingerprint density at radius 1 is 0.875 bits per heavy atom. The van der Waals surface area contributed by atoms with Crippen LogP contribution in [-0.2, 0) is 5.75 Å². The molecule has 0 bridgehead atoms. The van der Waals surface area contributed by atoms with E-state index in [2.05, 4.69) is 24.3 Å². The summed E-state index contributed by atoms with van der Waals surface area (Å²) < 4.78 is 5.90. The van der Waals surface area contributed by atoms with Crippen molar-refractivity contribution in [3.05, 3.63) is 65.7 Å². The lowest BCUT2D eigenvalue weighted by atomic mass is 10.2. The Morgan fingerprint density at radius 3 is 2.50 bits per heavy atom. The number of hydrogen-bond donors (Lipinski definition) is 0. The van der Waals surface area contributed by atoms with Gasteiger partial charge in [0.05, 0.1) is 11.1 Å². The zero-order valence-corrected chi connectivity index (χ0v) is 9.54. The molecule has 0 N–H and O–H groups in total. The van der Waals surface area contributed by atoms with E-state index in [1.165, 1.54) is 5.56 Å². The molecule has 0 fully saturated rings. The lowest BCUT2D eigenvalue weighted by molar-refractivity contribution is -0.163. The third kappa shape index (κ3) is 1.76. The maximum atomic E-state index is 5.90. The summed E-state index contributed by atoms with van der Waals surface area (Å²) in [5.74, 6) is 1.97. The molecule has 0 amide bonds. The minimum Gasteiger partial charge on any atom is -0.200 e. The molecule has 2 heteroatoms. The van der Waals surface area contributed by atoms with Crippen molar-refractivity contribution in [2.24, 2.45) is 0 Å². The van der Waals surface area contributed by atoms with Gasteiger partial charge < -0.3 is 0 Å². The van der Waals surface area contributed by atoms with E-state index in [4.69, 9.17) is 4.42 Å². The molecule has 0 aromatic heterocycles. The van der Waals surface area contributed by atoms with Crippen molar-refractivity contribution < 1.29 is 4.42 Å². The molecule has 1 aliphatic rings. The normalized spacial score (nSPS) is 14.1. The number of para-hydroxylation sites is 1. The summed E-state index contributed by atoms with van der Waals surface area (Å²) in [4.78, 5) is 0. The highest BCUT2D eigenvalue weighted by Gasteiger charge is 2.26. The summed E-state index contributed by atoms with van der Waals surface area (Å²) in [6, 6.07) is 18.5. The van der Waals surface area contributed by atoms with E-state index in [0.29, 0.717) is 0 Å². The van der Waals surface area contributed by atoms with Gasteiger partial charge in [0.25, 0.3) is 0 Å². The van der Waals surface area contributed by atoms with Gasteiger partial charge in [0, 0.05) is 11.8 Å². The first-order valence-corrected chi connectivity index (χ1v) is 6.23. The lowest BCUT2D eigenvalue weighted by Crippen LogP contribution is -2.00. The molecular weight excluding hydrogens is 216 g/mol. The van der Waals surface area contributed by atoms with Gasteiger partial charge in [-0.1, -0.05) is 30.3 Å². The molecule has 0 radical (unpaired) electrons. The van der Waals surface area contributed by atoms with Crippen LogP contribution in [0, 0.1) is 0 Å². The molecule has 2 aromatic carbocycles. The van der Waals surface area contributed by atoms with Gasteiger partial charge in [-0.2, -0.15) is 4.42 Å². The van der Waals surface area contributed by atoms with Gasteiger partial charge in [0.15, 0.2) is 0 Å². The molecule has 1 nitrogen and oxygen atoms in total. The van der Waals surface area contributed by atoms with Gasteiger partial charge in [-0.15, -0.1) is 0 Å². The summed E-state index contributed by atoms with van der Waals surface area (Å²) in [6.07, 6.45) is 0. The average Bonchev–Trinajstić information content (AvgIpc) is 2.39. The molecule has 0 unspecified atom stereocenters. The molecule has 0 saturated heterocycles. The highest BCUT2D eigenvalue weighted by atomic mass is 32.2. The summed E-state index contributed by atoms with van der Waals surface area (Å²) >= 11 is 1.75. The van der Waals surface area contributed by atoms with Crippen LogP contribution in [-0.4, -0.2) is 5.12 Å². The molecular formula is C14H11OS+. The molecule has 1 aliphatic heterocycles. The van der Waals surface area contributed by atoms with Gasteiger partial charge in [-0.25, -0.2) is 0 Å². The predicted molar refractivity (Wildman–Crippen MR) is 68.0 cm³/mol. The Labute approximate surface area is 98.8 Å². The largest absolute Gasteiger partial charge is 0.395 e. The first-order valence-electron chi connectivity index (χ1n) is 5.24. The molecule has 0 saturated carbocycles. The van der Waals surface area contributed by atoms with Crippen LogP contribution in [0.4, 0.5) is 0 Å². The fraction of sp³-hybridized carbons (Fsp3) is 0.0714. The van der Waals surface area contributed by atoms with E-state index in [9.17, 15) is 0 Å². The van der Waals surface area contributed by atoms with Gasteiger partial charge in [-0.05, 0) is 30.0 Å².